The van der Waals surface area contributed by atoms with E-state index in [1.165, 1.54) is 0 Å². The molecule has 1 fully saturated rings. The SMILES string of the molecule is C=CCS1(Cl)OCC(C(C)(C)OC)O1.COC(C)C. The summed E-state index contributed by atoms with van der Waals surface area (Å²) in [4.78, 5) is 0. The summed E-state index contributed by atoms with van der Waals surface area (Å²) in [5, 5.41) is 0. The highest BCUT2D eigenvalue weighted by atomic mass is 35.7. The van der Waals surface area contributed by atoms with Gasteiger partial charge in [-0.1, -0.05) is 6.08 Å². The number of halogens is 1. The summed E-state index contributed by atoms with van der Waals surface area (Å²) in [6.45, 7) is 12.0. The van der Waals surface area contributed by atoms with Crippen LogP contribution >= 0.6 is 20.5 Å². The molecule has 6 heteroatoms. The Bertz CT molecular complexity index is 273. The monoisotopic (exact) mass is 314 g/mol. The lowest BCUT2D eigenvalue weighted by Gasteiger charge is -2.32. The minimum absolute atomic E-state index is 0.111. The Morgan fingerprint density at radius 3 is 2.37 bits per heavy atom. The molecule has 2 atom stereocenters. The second kappa shape index (κ2) is 8.49. The molecule has 0 amide bonds. The fourth-order valence-electron chi connectivity index (χ4n) is 1.07. The summed E-state index contributed by atoms with van der Waals surface area (Å²) in [6, 6.07) is 0. The van der Waals surface area contributed by atoms with Gasteiger partial charge in [0.25, 0.3) is 0 Å². The van der Waals surface area contributed by atoms with E-state index >= 15 is 0 Å². The summed E-state index contributed by atoms with van der Waals surface area (Å²) < 4.78 is 21.2. The Kier molecular flexibility index (Phi) is 8.59. The predicted octanol–water partition coefficient (Wildman–Crippen LogP) is 3.84. The van der Waals surface area contributed by atoms with E-state index in [2.05, 4.69) is 6.58 Å². The molecule has 0 bridgehead atoms. The molecule has 1 saturated heterocycles. The zero-order valence-corrected chi connectivity index (χ0v) is 14.3. The number of ether oxygens (including phenoxy) is 2. The van der Waals surface area contributed by atoms with Gasteiger partial charge in [-0.05, 0) is 27.7 Å². The van der Waals surface area contributed by atoms with E-state index in [1.54, 1.807) is 20.3 Å². The van der Waals surface area contributed by atoms with Gasteiger partial charge in [0.2, 0.25) is 0 Å². The average Bonchev–Trinajstić information content (AvgIpc) is 2.73. The van der Waals surface area contributed by atoms with Gasteiger partial charge < -0.3 is 9.47 Å². The highest BCUT2D eigenvalue weighted by Gasteiger charge is 2.41. The fraction of sp³-hybridized carbons (Fsp3) is 0.846. The van der Waals surface area contributed by atoms with Gasteiger partial charge in [0, 0.05) is 24.9 Å². The molecule has 0 aromatic rings. The highest BCUT2D eigenvalue weighted by Crippen LogP contribution is 2.61. The van der Waals surface area contributed by atoms with Gasteiger partial charge in [0.15, 0.2) is 0 Å². The van der Waals surface area contributed by atoms with Crippen LogP contribution in [0.3, 0.4) is 0 Å². The molecule has 19 heavy (non-hydrogen) atoms. The first-order valence-electron chi connectivity index (χ1n) is 6.23. The Morgan fingerprint density at radius 1 is 1.47 bits per heavy atom. The van der Waals surface area contributed by atoms with Gasteiger partial charge in [-0.3, -0.25) is 8.37 Å². The maximum Gasteiger partial charge on any atom is 0.137 e. The third kappa shape index (κ3) is 6.97. The second-order valence-corrected chi connectivity index (χ2v) is 8.21. The molecule has 0 aromatic heterocycles. The molecule has 116 valence electrons. The van der Waals surface area contributed by atoms with E-state index in [4.69, 9.17) is 28.5 Å². The summed E-state index contributed by atoms with van der Waals surface area (Å²) in [5.41, 5.74) is -0.370. The number of rotatable bonds is 5. The smallest absolute Gasteiger partial charge is 0.137 e. The van der Waals surface area contributed by atoms with Crippen molar-refractivity contribution < 1.29 is 17.8 Å². The molecular formula is C13H27ClO4S. The quantitative estimate of drug-likeness (QED) is 0.722. The molecule has 0 N–H and O–H groups in total. The molecule has 1 rings (SSSR count). The van der Waals surface area contributed by atoms with Gasteiger partial charge in [0.1, 0.15) is 12.7 Å². The standard InChI is InChI=1S/C9H17ClO3S.C4H10O/c1-5-6-14(10)12-7-8(13-14)9(2,3)11-4;1-4(2)5-3/h5,8H,1,6-7H2,2-4H3;4H,1-3H3. The van der Waals surface area contributed by atoms with E-state index in [-0.39, 0.29) is 11.7 Å². The van der Waals surface area contributed by atoms with Gasteiger partial charge in [-0.25, -0.2) is 0 Å². The summed E-state index contributed by atoms with van der Waals surface area (Å²) in [5.74, 6) is 0.546. The predicted molar refractivity (Wildman–Crippen MR) is 82.6 cm³/mol. The third-order valence-electron chi connectivity index (χ3n) is 2.75. The Morgan fingerprint density at radius 2 is 2.00 bits per heavy atom. The van der Waals surface area contributed by atoms with Crippen LogP contribution in [0.1, 0.15) is 27.7 Å². The maximum atomic E-state index is 6.14. The van der Waals surface area contributed by atoms with Gasteiger partial charge >= 0.3 is 0 Å². The van der Waals surface area contributed by atoms with Crippen LogP contribution in [0, 0.1) is 0 Å². The van der Waals surface area contributed by atoms with Crippen molar-refractivity contribution in [1.29, 1.82) is 0 Å². The normalized spacial score (nSPS) is 30.4. The first-order chi connectivity index (χ1) is 8.70. The van der Waals surface area contributed by atoms with Crippen LogP contribution in [0.15, 0.2) is 12.7 Å². The number of methoxy groups -OCH3 is 2. The van der Waals surface area contributed by atoms with Crippen molar-refractivity contribution in [2.45, 2.75) is 45.5 Å². The molecule has 4 nitrogen and oxygen atoms in total. The minimum atomic E-state index is -1.92. The lowest BCUT2D eigenvalue weighted by Crippen LogP contribution is -2.39. The molecule has 0 radical (unpaired) electrons. The van der Waals surface area contributed by atoms with Gasteiger partial charge in [0.05, 0.1) is 17.5 Å². The highest BCUT2D eigenvalue weighted by molar-refractivity contribution is 8.44. The fourth-order valence-corrected chi connectivity index (χ4v) is 3.23. The zero-order valence-electron chi connectivity index (χ0n) is 12.8. The molecular weight excluding hydrogens is 288 g/mol. The van der Waals surface area contributed by atoms with Crippen molar-refractivity contribution in [2.75, 3.05) is 26.6 Å². The molecule has 1 aliphatic heterocycles. The maximum absolute atomic E-state index is 6.14. The molecule has 1 aliphatic rings. The molecule has 1 heterocycles. The Hall–Kier alpha value is 0.220. The van der Waals surface area contributed by atoms with Crippen LogP contribution in [0.2, 0.25) is 0 Å². The molecule has 2 unspecified atom stereocenters. The van der Waals surface area contributed by atoms with Crippen LogP contribution in [-0.4, -0.2) is 44.4 Å². The van der Waals surface area contributed by atoms with Crippen LogP contribution in [0.5, 0.6) is 0 Å². The van der Waals surface area contributed by atoms with Crippen molar-refractivity contribution in [3.63, 3.8) is 0 Å². The first kappa shape index (κ1) is 19.2. The summed E-state index contributed by atoms with van der Waals surface area (Å²) >= 11 is 0. The summed E-state index contributed by atoms with van der Waals surface area (Å²) in [7, 11) is 7.57. The van der Waals surface area contributed by atoms with E-state index in [0.29, 0.717) is 18.5 Å². The van der Waals surface area contributed by atoms with Gasteiger partial charge in [-0.2, -0.15) is 0 Å². The molecule has 0 aliphatic carbocycles. The van der Waals surface area contributed by atoms with Crippen LogP contribution in [0.4, 0.5) is 0 Å². The molecule has 0 aromatic carbocycles. The Labute approximate surface area is 123 Å². The number of hydrogen-bond acceptors (Lipinski definition) is 4. The zero-order chi connectivity index (χ0) is 15.1. The third-order valence-corrected chi connectivity index (χ3v) is 5.25. The minimum Gasteiger partial charge on any atom is -0.382 e. The van der Waals surface area contributed by atoms with Crippen molar-refractivity contribution in [2.24, 2.45) is 0 Å². The molecule has 0 saturated carbocycles. The lowest BCUT2D eigenvalue weighted by atomic mass is 10.0. The average molecular weight is 315 g/mol. The first-order valence-corrected chi connectivity index (χ1v) is 8.70. The van der Waals surface area contributed by atoms with Crippen molar-refractivity contribution in [1.82, 2.24) is 0 Å². The van der Waals surface area contributed by atoms with Crippen molar-refractivity contribution in [3.8, 4) is 0 Å². The van der Waals surface area contributed by atoms with Crippen LogP contribution in [-0.2, 0) is 17.8 Å². The summed E-state index contributed by atoms with van der Waals surface area (Å²) in [6.07, 6.45) is 1.99. The van der Waals surface area contributed by atoms with E-state index in [9.17, 15) is 0 Å². The van der Waals surface area contributed by atoms with Gasteiger partial charge in [-0.15, -0.1) is 16.4 Å². The lowest BCUT2D eigenvalue weighted by molar-refractivity contribution is -0.0562. The van der Waals surface area contributed by atoms with Crippen molar-refractivity contribution >= 4 is 20.5 Å². The van der Waals surface area contributed by atoms with E-state index < -0.39 is 9.80 Å². The Balaban J connectivity index is 0.000000555. The van der Waals surface area contributed by atoms with E-state index in [0.717, 1.165) is 0 Å². The second-order valence-electron chi connectivity index (χ2n) is 4.96. The topological polar surface area (TPSA) is 36.9 Å². The van der Waals surface area contributed by atoms with E-state index in [1.807, 2.05) is 27.7 Å². The van der Waals surface area contributed by atoms with Crippen molar-refractivity contribution in [3.05, 3.63) is 12.7 Å². The van der Waals surface area contributed by atoms with Crippen LogP contribution in [0.25, 0.3) is 0 Å². The molecule has 0 spiro atoms. The largest absolute Gasteiger partial charge is 0.382 e. The van der Waals surface area contributed by atoms with Crippen LogP contribution < -0.4 is 0 Å². The number of hydrogen-bond donors (Lipinski definition) is 0.